The minimum atomic E-state index is 0.0474. The fourth-order valence-corrected chi connectivity index (χ4v) is 1.98. The van der Waals surface area contributed by atoms with Crippen molar-refractivity contribution in [2.45, 2.75) is 39.9 Å². The number of ether oxygens (including phenoxy) is 1. The third-order valence-electron chi connectivity index (χ3n) is 3.55. The van der Waals surface area contributed by atoms with E-state index in [0.717, 1.165) is 0 Å². The van der Waals surface area contributed by atoms with Gasteiger partial charge < -0.3 is 9.84 Å². The van der Waals surface area contributed by atoms with Gasteiger partial charge in [0.15, 0.2) is 0 Å². The predicted molar refractivity (Wildman–Crippen MR) is 48.9 cm³/mol. The molecular formula is C10H20O2. The van der Waals surface area contributed by atoms with Crippen LogP contribution in [0.4, 0.5) is 0 Å². The van der Waals surface area contributed by atoms with Gasteiger partial charge in [-0.3, -0.25) is 0 Å². The molecule has 1 aliphatic heterocycles. The summed E-state index contributed by atoms with van der Waals surface area (Å²) in [6.45, 7) is 8.88. The second-order valence-electron chi connectivity index (χ2n) is 4.14. The summed E-state index contributed by atoms with van der Waals surface area (Å²) in [5.74, 6) is 1.72. The molecule has 0 unspecified atom stereocenters. The van der Waals surface area contributed by atoms with Gasteiger partial charge in [0.25, 0.3) is 0 Å². The molecule has 1 N–H and O–H groups in total. The van der Waals surface area contributed by atoms with E-state index in [0.29, 0.717) is 17.8 Å². The lowest BCUT2D eigenvalue weighted by Crippen LogP contribution is -2.44. The fourth-order valence-electron chi connectivity index (χ4n) is 1.98. The highest BCUT2D eigenvalue weighted by Crippen LogP contribution is 2.34. The largest absolute Gasteiger partial charge is 0.394 e. The van der Waals surface area contributed by atoms with Crippen molar-refractivity contribution in [1.82, 2.24) is 0 Å². The molecule has 2 heteroatoms. The summed E-state index contributed by atoms with van der Waals surface area (Å²) in [7, 11) is 0. The van der Waals surface area contributed by atoms with E-state index in [1.807, 2.05) is 0 Å². The number of hydrogen-bond acceptors (Lipinski definition) is 2. The molecule has 0 bridgehead atoms. The lowest BCUT2D eigenvalue weighted by Gasteiger charge is -2.41. The Morgan fingerprint density at radius 2 is 1.58 bits per heavy atom. The van der Waals surface area contributed by atoms with E-state index in [2.05, 4.69) is 27.7 Å². The van der Waals surface area contributed by atoms with Gasteiger partial charge in [-0.2, -0.15) is 0 Å². The molecule has 0 amide bonds. The Morgan fingerprint density at radius 1 is 1.00 bits per heavy atom. The van der Waals surface area contributed by atoms with E-state index in [9.17, 15) is 0 Å². The zero-order valence-corrected chi connectivity index (χ0v) is 8.45. The van der Waals surface area contributed by atoms with E-state index >= 15 is 0 Å². The first-order valence-electron chi connectivity index (χ1n) is 4.84. The van der Waals surface area contributed by atoms with Crippen molar-refractivity contribution in [3.05, 3.63) is 0 Å². The molecule has 0 aromatic heterocycles. The summed E-state index contributed by atoms with van der Waals surface area (Å²) in [6.07, 6.45) is 0.333. The van der Waals surface area contributed by atoms with Crippen LogP contribution < -0.4 is 0 Å². The number of rotatable bonds is 1. The van der Waals surface area contributed by atoms with Gasteiger partial charge in [-0.25, -0.2) is 0 Å². The minimum Gasteiger partial charge on any atom is -0.394 e. The fraction of sp³-hybridized carbons (Fsp3) is 1.00. The van der Waals surface area contributed by atoms with Crippen LogP contribution in [0, 0.1) is 17.8 Å². The molecule has 1 saturated heterocycles. The topological polar surface area (TPSA) is 29.5 Å². The summed E-state index contributed by atoms with van der Waals surface area (Å²) in [4.78, 5) is 0. The first kappa shape index (κ1) is 10.0. The van der Waals surface area contributed by atoms with Crippen molar-refractivity contribution in [1.29, 1.82) is 0 Å². The molecule has 1 rings (SSSR count). The van der Waals surface area contributed by atoms with E-state index in [-0.39, 0.29) is 18.8 Å². The standard InChI is InChI=1S/C10H20O2/c1-6-7(2)9(4)12-10(5-11)8(6)3/h6-11H,5H2,1-4H3/t6-,7+,8+,9+,10+/m0/s1. The highest BCUT2D eigenvalue weighted by atomic mass is 16.5. The summed E-state index contributed by atoms with van der Waals surface area (Å²) in [5, 5.41) is 9.06. The Labute approximate surface area is 74.9 Å². The quantitative estimate of drug-likeness (QED) is 0.652. The Morgan fingerprint density at radius 3 is 2.08 bits per heavy atom. The molecule has 0 radical (unpaired) electrons. The van der Waals surface area contributed by atoms with E-state index in [4.69, 9.17) is 9.84 Å². The Balaban J connectivity index is 2.63. The summed E-state index contributed by atoms with van der Waals surface area (Å²) in [5.41, 5.74) is 0. The number of hydrogen-bond donors (Lipinski definition) is 1. The van der Waals surface area contributed by atoms with Crippen LogP contribution in [0.15, 0.2) is 0 Å². The molecule has 1 aliphatic rings. The summed E-state index contributed by atoms with van der Waals surface area (Å²) >= 11 is 0. The Hall–Kier alpha value is -0.0800. The first-order valence-corrected chi connectivity index (χ1v) is 4.84. The molecule has 0 aromatic carbocycles. The van der Waals surface area contributed by atoms with Crippen LogP contribution in [0.3, 0.4) is 0 Å². The minimum absolute atomic E-state index is 0.0474. The van der Waals surface area contributed by atoms with Gasteiger partial charge in [-0.15, -0.1) is 0 Å². The average Bonchev–Trinajstić information content (AvgIpc) is 2.08. The highest BCUT2D eigenvalue weighted by Gasteiger charge is 2.36. The molecular weight excluding hydrogens is 152 g/mol. The number of aliphatic hydroxyl groups excluding tert-OH is 1. The van der Waals surface area contributed by atoms with Gasteiger partial charge in [0.1, 0.15) is 0 Å². The van der Waals surface area contributed by atoms with Crippen LogP contribution >= 0.6 is 0 Å². The van der Waals surface area contributed by atoms with Crippen molar-refractivity contribution < 1.29 is 9.84 Å². The van der Waals surface area contributed by atoms with Gasteiger partial charge in [0.2, 0.25) is 0 Å². The second-order valence-corrected chi connectivity index (χ2v) is 4.14. The molecule has 1 fully saturated rings. The molecule has 0 aromatic rings. The van der Waals surface area contributed by atoms with E-state index in [1.54, 1.807) is 0 Å². The molecule has 0 spiro atoms. The normalized spacial score (nSPS) is 49.2. The SMILES string of the molecule is C[C@H]1[C@@H](C)[C@@H](C)O[C@H](CO)[C@@H]1C. The van der Waals surface area contributed by atoms with Gasteiger partial charge >= 0.3 is 0 Å². The maximum atomic E-state index is 9.06. The molecule has 1 heterocycles. The summed E-state index contributed by atoms with van der Waals surface area (Å²) < 4.78 is 5.68. The van der Waals surface area contributed by atoms with Gasteiger partial charge in [0, 0.05) is 0 Å². The highest BCUT2D eigenvalue weighted by molar-refractivity contribution is 4.83. The van der Waals surface area contributed by atoms with E-state index in [1.165, 1.54) is 0 Å². The van der Waals surface area contributed by atoms with E-state index < -0.39 is 0 Å². The Kier molecular flexibility index (Phi) is 3.13. The van der Waals surface area contributed by atoms with Crippen LogP contribution in [0.1, 0.15) is 27.7 Å². The second kappa shape index (κ2) is 3.75. The van der Waals surface area contributed by atoms with Gasteiger partial charge in [0.05, 0.1) is 18.8 Å². The third kappa shape index (κ3) is 1.64. The monoisotopic (exact) mass is 172 g/mol. The van der Waals surface area contributed by atoms with Crippen LogP contribution in [-0.2, 0) is 4.74 Å². The van der Waals surface area contributed by atoms with Crippen molar-refractivity contribution in [3.8, 4) is 0 Å². The summed E-state index contributed by atoms with van der Waals surface area (Å²) in [6, 6.07) is 0. The van der Waals surface area contributed by atoms with Crippen molar-refractivity contribution in [3.63, 3.8) is 0 Å². The molecule has 0 saturated carbocycles. The lowest BCUT2D eigenvalue weighted by molar-refractivity contribution is -0.140. The van der Waals surface area contributed by atoms with Crippen LogP contribution in [-0.4, -0.2) is 23.9 Å². The zero-order valence-electron chi connectivity index (χ0n) is 8.45. The molecule has 12 heavy (non-hydrogen) atoms. The van der Waals surface area contributed by atoms with Gasteiger partial charge in [-0.05, 0) is 24.7 Å². The van der Waals surface area contributed by atoms with Crippen molar-refractivity contribution >= 4 is 0 Å². The molecule has 2 nitrogen and oxygen atoms in total. The molecule has 72 valence electrons. The number of aliphatic hydroxyl groups is 1. The predicted octanol–water partition coefficient (Wildman–Crippen LogP) is 1.67. The Bertz CT molecular complexity index is 142. The van der Waals surface area contributed by atoms with Crippen LogP contribution in [0.25, 0.3) is 0 Å². The van der Waals surface area contributed by atoms with Crippen molar-refractivity contribution in [2.75, 3.05) is 6.61 Å². The zero-order chi connectivity index (χ0) is 9.30. The van der Waals surface area contributed by atoms with Crippen molar-refractivity contribution in [2.24, 2.45) is 17.8 Å². The average molecular weight is 172 g/mol. The third-order valence-corrected chi connectivity index (χ3v) is 3.55. The maximum absolute atomic E-state index is 9.06. The van der Waals surface area contributed by atoms with Crippen LogP contribution in [0.5, 0.6) is 0 Å². The molecule has 0 aliphatic carbocycles. The first-order chi connectivity index (χ1) is 5.57. The lowest BCUT2D eigenvalue weighted by atomic mass is 9.77. The smallest absolute Gasteiger partial charge is 0.0837 e. The maximum Gasteiger partial charge on any atom is 0.0837 e. The van der Waals surface area contributed by atoms with Gasteiger partial charge in [-0.1, -0.05) is 20.8 Å². The van der Waals surface area contributed by atoms with Crippen LogP contribution in [0.2, 0.25) is 0 Å². The molecule has 5 atom stereocenters.